The highest BCUT2D eigenvalue weighted by molar-refractivity contribution is 5.81. The second-order valence-corrected chi connectivity index (χ2v) is 2.95. The lowest BCUT2D eigenvalue weighted by atomic mass is 10.0. The summed E-state index contributed by atoms with van der Waals surface area (Å²) in [7, 11) is 3.12. The fraction of sp³-hybridized carbons (Fsp3) is 0.778. The molecule has 0 saturated carbocycles. The molecule has 0 aromatic rings. The number of carbonyl (C=O) groups excluding carboxylic acids is 2. The van der Waals surface area contributed by atoms with E-state index in [0.717, 1.165) is 0 Å². The zero-order valence-corrected chi connectivity index (χ0v) is 8.96. The minimum atomic E-state index is 0.0324. The Labute approximate surface area is 79.7 Å². The molecule has 0 aliphatic rings. The van der Waals surface area contributed by atoms with Gasteiger partial charge in [-0.25, -0.2) is 0 Å². The van der Waals surface area contributed by atoms with Crippen molar-refractivity contribution in [2.45, 2.75) is 26.8 Å². The van der Waals surface area contributed by atoms with Crippen molar-refractivity contribution in [1.29, 1.82) is 0 Å². The van der Waals surface area contributed by atoms with E-state index >= 15 is 0 Å². The molecule has 0 aliphatic heterocycles. The summed E-state index contributed by atoms with van der Waals surface area (Å²) in [6.07, 6.45) is 0. The Hall–Kier alpha value is -0.900. The van der Waals surface area contributed by atoms with E-state index in [1.807, 2.05) is 20.9 Å². The van der Waals surface area contributed by atoms with Crippen LogP contribution in [0.5, 0.6) is 0 Å². The van der Waals surface area contributed by atoms with Gasteiger partial charge in [0.25, 0.3) is 6.47 Å². The standard InChI is InChI=1S/C7H15NO.C2H4O2/c1-5(2)7(8-4)6(3)9;1-4-2-3/h5,7-8H,1-4H3;2H,1H3. The SMILES string of the molecule is CNC(C(C)=O)C(C)C.COC=O. The van der Waals surface area contributed by atoms with E-state index in [0.29, 0.717) is 12.4 Å². The van der Waals surface area contributed by atoms with E-state index in [1.54, 1.807) is 6.92 Å². The van der Waals surface area contributed by atoms with Gasteiger partial charge in [0.15, 0.2) is 0 Å². The molecule has 0 radical (unpaired) electrons. The Morgan fingerprint density at radius 2 is 1.85 bits per heavy atom. The number of rotatable bonds is 4. The second-order valence-electron chi connectivity index (χ2n) is 2.95. The van der Waals surface area contributed by atoms with Crippen molar-refractivity contribution < 1.29 is 14.3 Å². The number of hydrogen-bond donors (Lipinski definition) is 1. The van der Waals surface area contributed by atoms with Crippen LogP contribution < -0.4 is 5.32 Å². The quantitative estimate of drug-likeness (QED) is 0.658. The third-order valence-electron chi connectivity index (χ3n) is 1.51. The number of hydrogen-bond acceptors (Lipinski definition) is 4. The first-order valence-corrected chi connectivity index (χ1v) is 4.15. The molecule has 0 saturated heterocycles. The van der Waals surface area contributed by atoms with E-state index in [2.05, 4.69) is 10.1 Å². The normalized spacial score (nSPS) is 11.2. The van der Waals surface area contributed by atoms with E-state index in [1.165, 1.54) is 7.11 Å². The summed E-state index contributed by atoms with van der Waals surface area (Å²) in [5.74, 6) is 0.611. The molecule has 0 aliphatic carbocycles. The maximum atomic E-state index is 10.8. The summed E-state index contributed by atoms with van der Waals surface area (Å²) < 4.78 is 3.86. The highest BCUT2D eigenvalue weighted by atomic mass is 16.5. The van der Waals surface area contributed by atoms with Gasteiger partial charge in [-0.1, -0.05) is 13.8 Å². The van der Waals surface area contributed by atoms with Crippen molar-refractivity contribution >= 4 is 12.3 Å². The molecule has 13 heavy (non-hydrogen) atoms. The largest absolute Gasteiger partial charge is 0.471 e. The van der Waals surface area contributed by atoms with Gasteiger partial charge in [-0.15, -0.1) is 0 Å². The first-order valence-electron chi connectivity index (χ1n) is 4.15. The van der Waals surface area contributed by atoms with Crippen LogP contribution in [0.3, 0.4) is 0 Å². The van der Waals surface area contributed by atoms with Crippen molar-refractivity contribution in [3.63, 3.8) is 0 Å². The third kappa shape index (κ3) is 9.01. The lowest BCUT2D eigenvalue weighted by Crippen LogP contribution is -2.36. The van der Waals surface area contributed by atoms with Gasteiger partial charge in [0.05, 0.1) is 13.2 Å². The number of Topliss-reactive ketones (excluding diaryl/α,β-unsaturated/α-hetero) is 1. The number of ketones is 1. The molecule has 0 amide bonds. The van der Waals surface area contributed by atoms with Gasteiger partial charge in [0.2, 0.25) is 0 Å². The minimum absolute atomic E-state index is 0.0324. The van der Waals surface area contributed by atoms with E-state index < -0.39 is 0 Å². The number of ether oxygens (including phenoxy) is 1. The van der Waals surface area contributed by atoms with Crippen LogP contribution in [0.15, 0.2) is 0 Å². The highest BCUT2D eigenvalue weighted by Crippen LogP contribution is 2.00. The lowest BCUT2D eigenvalue weighted by Gasteiger charge is -2.15. The van der Waals surface area contributed by atoms with Crippen molar-refractivity contribution in [2.24, 2.45) is 5.92 Å². The van der Waals surface area contributed by atoms with E-state index in [-0.39, 0.29) is 11.8 Å². The van der Waals surface area contributed by atoms with Crippen LogP contribution in [-0.4, -0.2) is 32.5 Å². The van der Waals surface area contributed by atoms with E-state index in [4.69, 9.17) is 4.79 Å². The highest BCUT2D eigenvalue weighted by Gasteiger charge is 2.14. The Bertz CT molecular complexity index is 146. The smallest absolute Gasteiger partial charge is 0.292 e. The monoisotopic (exact) mass is 189 g/mol. The molecule has 0 aromatic heterocycles. The Morgan fingerprint density at radius 3 is 1.85 bits per heavy atom. The molecular formula is C9H19NO3. The molecule has 4 heteroatoms. The summed E-state index contributed by atoms with van der Waals surface area (Å²) in [5.41, 5.74) is 0. The lowest BCUT2D eigenvalue weighted by molar-refractivity contribution is -0.126. The topological polar surface area (TPSA) is 55.4 Å². The maximum Gasteiger partial charge on any atom is 0.292 e. The van der Waals surface area contributed by atoms with Gasteiger partial charge in [0, 0.05) is 0 Å². The van der Waals surface area contributed by atoms with Gasteiger partial charge in [-0.3, -0.25) is 9.59 Å². The fourth-order valence-electron chi connectivity index (χ4n) is 1.01. The Morgan fingerprint density at radius 1 is 1.46 bits per heavy atom. The molecule has 1 atom stereocenters. The number of carbonyl (C=O) groups is 2. The van der Waals surface area contributed by atoms with Crippen LogP contribution in [0.4, 0.5) is 0 Å². The fourth-order valence-corrected chi connectivity index (χ4v) is 1.01. The first kappa shape index (κ1) is 14.6. The van der Waals surface area contributed by atoms with Gasteiger partial charge < -0.3 is 10.1 Å². The molecule has 1 N–H and O–H groups in total. The van der Waals surface area contributed by atoms with Crippen molar-refractivity contribution in [2.75, 3.05) is 14.2 Å². The summed E-state index contributed by atoms with van der Waals surface area (Å²) >= 11 is 0. The zero-order valence-electron chi connectivity index (χ0n) is 8.96. The maximum absolute atomic E-state index is 10.8. The van der Waals surface area contributed by atoms with Crippen LogP contribution in [0.25, 0.3) is 0 Å². The molecule has 1 unspecified atom stereocenters. The molecule has 0 fully saturated rings. The van der Waals surface area contributed by atoms with Gasteiger partial charge in [-0.2, -0.15) is 0 Å². The zero-order chi connectivity index (χ0) is 10.9. The minimum Gasteiger partial charge on any atom is -0.471 e. The summed E-state index contributed by atoms with van der Waals surface area (Å²) in [5, 5.41) is 2.95. The van der Waals surface area contributed by atoms with Crippen LogP contribution in [0, 0.1) is 5.92 Å². The Balaban J connectivity index is 0. The molecular weight excluding hydrogens is 170 g/mol. The van der Waals surface area contributed by atoms with Gasteiger partial charge in [0.1, 0.15) is 5.78 Å². The second kappa shape index (κ2) is 9.19. The number of methoxy groups -OCH3 is 1. The molecule has 0 spiro atoms. The van der Waals surface area contributed by atoms with E-state index in [9.17, 15) is 4.79 Å². The predicted molar refractivity (Wildman–Crippen MR) is 51.4 cm³/mol. The number of likely N-dealkylation sites (N-methyl/N-ethyl adjacent to an activating group) is 1. The summed E-state index contributed by atoms with van der Waals surface area (Å²) in [4.78, 5) is 19.7. The first-order chi connectivity index (χ1) is 6.01. The molecule has 0 rings (SSSR count). The third-order valence-corrected chi connectivity index (χ3v) is 1.51. The summed E-state index contributed by atoms with van der Waals surface area (Å²) in [6.45, 7) is 6.05. The number of nitrogens with one attached hydrogen (secondary N) is 1. The Kier molecular flexibility index (Phi) is 10.3. The molecule has 0 heterocycles. The van der Waals surface area contributed by atoms with Crippen LogP contribution in [0.2, 0.25) is 0 Å². The van der Waals surface area contributed by atoms with Crippen LogP contribution >= 0.6 is 0 Å². The summed E-state index contributed by atoms with van der Waals surface area (Å²) in [6, 6.07) is 0.0324. The van der Waals surface area contributed by atoms with Crippen molar-refractivity contribution in [3.05, 3.63) is 0 Å². The van der Waals surface area contributed by atoms with Gasteiger partial charge in [-0.05, 0) is 19.9 Å². The van der Waals surface area contributed by atoms with Crippen LogP contribution in [0.1, 0.15) is 20.8 Å². The van der Waals surface area contributed by atoms with Crippen LogP contribution in [-0.2, 0) is 14.3 Å². The average Bonchev–Trinajstić information content (AvgIpc) is 2.04. The van der Waals surface area contributed by atoms with Crippen molar-refractivity contribution in [1.82, 2.24) is 5.32 Å². The molecule has 78 valence electrons. The molecule has 0 bridgehead atoms. The average molecular weight is 189 g/mol. The van der Waals surface area contributed by atoms with Crippen molar-refractivity contribution in [3.8, 4) is 0 Å². The van der Waals surface area contributed by atoms with Gasteiger partial charge >= 0.3 is 0 Å². The molecule has 4 nitrogen and oxygen atoms in total. The predicted octanol–water partition coefficient (Wildman–Crippen LogP) is 0.609. The molecule has 0 aromatic carbocycles.